The van der Waals surface area contributed by atoms with Gasteiger partial charge < -0.3 is 14.4 Å². The molecule has 7 heteroatoms. The first-order valence-electron chi connectivity index (χ1n) is 9.61. The van der Waals surface area contributed by atoms with Gasteiger partial charge in [-0.25, -0.2) is 4.39 Å². The Hall–Kier alpha value is -2.51. The maximum atomic E-state index is 13.3. The fraction of sp³-hybridized carbons (Fsp3) is 0.304. The molecule has 1 aliphatic heterocycles. The van der Waals surface area contributed by atoms with Crippen molar-refractivity contribution in [2.75, 3.05) is 26.3 Å². The minimum atomic E-state index is -0.347. The number of benzene rings is 2. The van der Waals surface area contributed by atoms with Crippen LogP contribution in [-0.4, -0.2) is 49.0 Å². The Labute approximate surface area is 183 Å². The van der Waals surface area contributed by atoms with Crippen molar-refractivity contribution < 1.29 is 23.5 Å². The van der Waals surface area contributed by atoms with Crippen LogP contribution in [0.15, 0.2) is 46.9 Å². The average Bonchev–Trinajstić information content (AvgIpc) is 2.73. The molecule has 2 aromatic carbocycles. The van der Waals surface area contributed by atoms with Crippen LogP contribution in [0.2, 0.25) is 0 Å². The first-order valence-corrected chi connectivity index (χ1v) is 10.4. The molecule has 1 fully saturated rings. The second-order valence-electron chi connectivity index (χ2n) is 7.13. The number of amides is 1. The zero-order valence-electron chi connectivity index (χ0n) is 16.9. The minimum Gasteiger partial charge on any atom is -0.491 e. The highest BCUT2D eigenvalue weighted by Gasteiger charge is 2.23. The largest absolute Gasteiger partial charge is 0.491 e. The Morgan fingerprint density at radius 2 is 2.10 bits per heavy atom. The van der Waals surface area contributed by atoms with E-state index in [-0.39, 0.29) is 23.6 Å². The summed E-state index contributed by atoms with van der Waals surface area (Å²) in [5, 5.41) is 0. The van der Waals surface area contributed by atoms with Crippen LogP contribution >= 0.6 is 15.9 Å². The molecule has 0 aromatic heterocycles. The lowest BCUT2D eigenvalue weighted by Crippen LogP contribution is -2.47. The van der Waals surface area contributed by atoms with E-state index in [2.05, 4.69) is 15.9 Å². The smallest absolute Gasteiger partial charge is 0.246 e. The predicted molar refractivity (Wildman–Crippen MR) is 116 cm³/mol. The normalized spacial score (nSPS) is 16.7. The molecule has 1 aliphatic rings. The molecule has 0 bridgehead atoms. The number of halogens is 2. The first kappa shape index (κ1) is 22.2. The van der Waals surface area contributed by atoms with Crippen LogP contribution in [0.1, 0.15) is 28.4 Å². The molecule has 3 rings (SSSR count). The molecule has 1 heterocycles. The molecule has 0 N–H and O–H groups in total. The number of carbonyl (C=O) groups excluding carboxylic acids is 2. The van der Waals surface area contributed by atoms with Gasteiger partial charge in [-0.3, -0.25) is 9.59 Å². The molecule has 1 atom stereocenters. The van der Waals surface area contributed by atoms with Gasteiger partial charge in [0.25, 0.3) is 0 Å². The summed E-state index contributed by atoms with van der Waals surface area (Å²) in [5.41, 5.74) is 2.26. The summed E-state index contributed by atoms with van der Waals surface area (Å²) in [6.07, 6.45) is 2.89. The molecule has 1 saturated heterocycles. The van der Waals surface area contributed by atoms with E-state index < -0.39 is 0 Å². The molecule has 0 spiro atoms. The number of nitrogens with zero attached hydrogens (tertiary/aromatic N) is 1. The molecule has 5 nitrogen and oxygen atoms in total. The van der Waals surface area contributed by atoms with Crippen LogP contribution in [0, 0.1) is 12.7 Å². The van der Waals surface area contributed by atoms with E-state index in [0.29, 0.717) is 42.1 Å². The molecule has 158 valence electrons. The lowest BCUT2D eigenvalue weighted by atomic mass is 10.1. The van der Waals surface area contributed by atoms with Crippen molar-refractivity contribution in [1.82, 2.24) is 4.90 Å². The van der Waals surface area contributed by atoms with Gasteiger partial charge in [-0.15, -0.1) is 0 Å². The number of ketones is 1. The summed E-state index contributed by atoms with van der Waals surface area (Å²) in [6, 6.07) is 9.92. The second-order valence-corrected chi connectivity index (χ2v) is 7.98. The SMILES string of the molecule is CC(=O)c1ccc(OCC2CN(C(=O)C=Cc3ccc(F)c(Br)c3)CCO2)cc1C. The first-order chi connectivity index (χ1) is 14.3. The minimum absolute atomic E-state index is 0.0184. The van der Waals surface area contributed by atoms with Gasteiger partial charge in [0.05, 0.1) is 17.6 Å². The summed E-state index contributed by atoms with van der Waals surface area (Å²) in [7, 11) is 0. The van der Waals surface area contributed by atoms with E-state index in [1.165, 1.54) is 19.1 Å². The Balaban J connectivity index is 1.55. The van der Waals surface area contributed by atoms with E-state index in [1.54, 1.807) is 35.2 Å². The number of rotatable bonds is 6. The second kappa shape index (κ2) is 10.00. The summed E-state index contributed by atoms with van der Waals surface area (Å²) < 4.78 is 25.2. The Morgan fingerprint density at radius 1 is 1.30 bits per heavy atom. The fourth-order valence-electron chi connectivity index (χ4n) is 3.22. The molecule has 30 heavy (non-hydrogen) atoms. The van der Waals surface area contributed by atoms with Crippen LogP contribution < -0.4 is 4.74 Å². The lowest BCUT2D eigenvalue weighted by molar-refractivity contribution is -0.134. The molecule has 0 aliphatic carbocycles. The monoisotopic (exact) mass is 475 g/mol. The van der Waals surface area contributed by atoms with Crippen molar-refractivity contribution in [1.29, 1.82) is 0 Å². The van der Waals surface area contributed by atoms with Crippen molar-refractivity contribution in [2.45, 2.75) is 20.0 Å². The molecule has 1 amide bonds. The Kier molecular flexibility index (Phi) is 7.39. The van der Waals surface area contributed by atoms with Gasteiger partial charge in [-0.2, -0.15) is 0 Å². The highest BCUT2D eigenvalue weighted by atomic mass is 79.9. The quantitative estimate of drug-likeness (QED) is 0.458. The van der Waals surface area contributed by atoms with Gasteiger partial charge >= 0.3 is 0 Å². The van der Waals surface area contributed by atoms with Crippen molar-refractivity contribution in [3.8, 4) is 5.75 Å². The third-order valence-corrected chi connectivity index (χ3v) is 5.43. The van der Waals surface area contributed by atoms with Crippen LogP contribution in [0.4, 0.5) is 4.39 Å². The van der Waals surface area contributed by atoms with Gasteiger partial charge in [-0.05, 0) is 77.3 Å². The number of hydrogen-bond acceptors (Lipinski definition) is 4. The average molecular weight is 476 g/mol. The Morgan fingerprint density at radius 3 is 2.80 bits per heavy atom. The predicted octanol–water partition coefficient (Wildman–Crippen LogP) is 4.42. The number of aryl methyl sites for hydroxylation is 1. The van der Waals surface area contributed by atoms with Crippen molar-refractivity contribution >= 4 is 33.7 Å². The molecule has 2 aromatic rings. The van der Waals surface area contributed by atoms with Gasteiger partial charge in [0.1, 0.15) is 24.3 Å². The highest BCUT2D eigenvalue weighted by molar-refractivity contribution is 9.10. The van der Waals surface area contributed by atoms with E-state index in [9.17, 15) is 14.0 Å². The van der Waals surface area contributed by atoms with Crippen LogP contribution in [0.5, 0.6) is 5.75 Å². The van der Waals surface area contributed by atoms with E-state index in [1.807, 2.05) is 13.0 Å². The summed E-state index contributed by atoms with van der Waals surface area (Å²) in [5.74, 6) is 0.197. The van der Waals surface area contributed by atoms with Crippen LogP contribution in [0.25, 0.3) is 6.08 Å². The Bertz CT molecular complexity index is 976. The number of morpholine rings is 1. The van der Waals surface area contributed by atoms with Crippen molar-refractivity contribution in [3.63, 3.8) is 0 Å². The molecular weight excluding hydrogens is 453 g/mol. The number of hydrogen-bond donors (Lipinski definition) is 0. The number of Topliss-reactive ketones (excluding diaryl/α,β-unsaturated/α-hetero) is 1. The van der Waals surface area contributed by atoms with Gasteiger partial charge in [0.15, 0.2) is 5.78 Å². The van der Waals surface area contributed by atoms with Gasteiger partial charge in [-0.1, -0.05) is 6.07 Å². The zero-order valence-corrected chi connectivity index (χ0v) is 18.4. The third-order valence-electron chi connectivity index (χ3n) is 4.83. The van der Waals surface area contributed by atoms with Crippen LogP contribution in [-0.2, 0) is 9.53 Å². The molecule has 1 unspecified atom stereocenters. The van der Waals surface area contributed by atoms with Gasteiger partial charge in [0, 0.05) is 18.2 Å². The number of ether oxygens (including phenoxy) is 2. The maximum Gasteiger partial charge on any atom is 0.246 e. The van der Waals surface area contributed by atoms with Crippen molar-refractivity contribution in [3.05, 3.63) is 69.5 Å². The third kappa shape index (κ3) is 5.77. The summed E-state index contributed by atoms with van der Waals surface area (Å²) >= 11 is 3.14. The summed E-state index contributed by atoms with van der Waals surface area (Å²) in [4.78, 5) is 25.8. The van der Waals surface area contributed by atoms with E-state index in [0.717, 1.165) is 11.1 Å². The number of carbonyl (C=O) groups is 2. The lowest BCUT2D eigenvalue weighted by Gasteiger charge is -2.32. The van der Waals surface area contributed by atoms with Gasteiger partial charge in [0.2, 0.25) is 5.91 Å². The maximum absolute atomic E-state index is 13.3. The molecule has 0 saturated carbocycles. The van der Waals surface area contributed by atoms with E-state index >= 15 is 0 Å². The topological polar surface area (TPSA) is 55.8 Å². The van der Waals surface area contributed by atoms with Crippen molar-refractivity contribution in [2.24, 2.45) is 0 Å². The molecule has 0 radical (unpaired) electrons. The van der Waals surface area contributed by atoms with E-state index in [4.69, 9.17) is 9.47 Å². The zero-order chi connectivity index (χ0) is 21.7. The van der Waals surface area contributed by atoms with Crippen LogP contribution in [0.3, 0.4) is 0 Å². The molecular formula is C23H23BrFNO4. The fourth-order valence-corrected chi connectivity index (χ4v) is 3.62. The standard InChI is InChI=1S/C23H23BrFNO4/c1-15-11-18(5-6-20(15)16(2)27)30-14-19-13-26(9-10-29-19)23(28)8-4-17-3-7-22(25)21(24)12-17/h3-8,11-12,19H,9-10,13-14H2,1-2H3. The highest BCUT2D eigenvalue weighted by Crippen LogP contribution is 2.20. The summed E-state index contributed by atoms with van der Waals surface area (Å²) in [6.45, 7) is 5.05.